The third kappa shape index (κ3) is 3.62. The molecule has 1 aliphatic heterocycles. The molecule has 0 aliphatic carbocycles. The number of hydrogen-bond acceptors (Lipinski definition) is 3. The summed E-state index contributed by atoms with van der Waals surface area (Å²) in [5.41, 5.74) is 1.64. The van der Waals surface area contributed by atoms with Crippen molar-refractivity contribution < 1.29 is 18.7 Å². The van der Waals surface area contributed by atoms with Crippen LogP contribution in [-0.4, -0.2) is 37.0 Å². The van der Waals surface area contributed by atoms with Crippen LogP contribution in [0, 0.1) is 11.7 Å². The number of likely N-dealkylation sites (tertiary alicyclic amines) is 1. The van der Waals surface area contributed by atoms with Gasteiger partial charge >= 0.3 is 5.97 Å². The second-order valence-corrected chi connectivity index (χ2v) is 6.67. The molecule has 4 nitrogen and oxygen atoms in total. The van der Waals surface area contributed by atoms with Crippen LogP contribution >= 0.6 is 0 Å². The van der Waals surface area contributed by atoms with Crippen molar-refractivity contribution in [2.45, 2.75) is 18.8 Å². The van der Waals surface area contributed by atoms with Crippen LogP contribution in [0.4, 0.5) is 4.39 Å². The normalized spacial score (nSPS) is 20.7. The minimum absolute atomic E-state index is 0.104. The summed E-state index contributed by atoms with van der Waals surface area (Å²) in [4.78, 5) is 26.9. The Morgan fingerprint density at radius 2 is 1.85 bits per heavy atom. The summed E-state index contributed by atoms with van der Waals surface area (Å²) in [7, 11) is 1.37. The summed E-state index contributed by atoms with van der Waals surface area (Å²) < 4.78 is 18.4. The zero-order chi connectivity index (χ0) is 18.7. The van der Waals surface area contributed by atoms with E-state index in [1.165, 1.54) is 19.2 Å². The van der Waals surface area contributed by atoms with E-state index >= 15 is 0 Å². The van der Waals surface area contributed by atoms with E-state index < -0.39 is 11.8 Å². The van der Waals surface area contributed by atoms with Crippen LogP contribution in [0.1, 0.15) is 29.9 Å². The Hall–Kier alpha value is -2.69. The van der Waals surface area contributed by atoms with E-state index in [4.69, 9.17) is 4.74 Å². The van der Waals surface area contributed by atoms with Gasteiger partial charge in [-0.25, -0.2) is 4.39 Å². The van der Waals surface area contributed by atoms with Gasteiger partial charge in [-0.2, -0.15) is 0 Å². The number of hydrogen-bond donors (Lipinski definition) is 0. The lowest BCUT2D eigenvalue weighted by molar-refractivity contribution is -0.145. The Morgan fingerprint density at radius 1 is 1.12 bits per heavy atom. The molecule has 26 heavy (non-hydrogen) atoms. The third-order valence-corrected chi connectivity index (χ3v) is 5.08. The maximum atomic E-state index is 13.5. The number of esters is 1. The smallest absolute Gasteiger partial charge is 0.311 e. The topological polar surface area (TPSA) is 46.6 Å². The van der Waals surface area contributed by atoms with Gasteiger partial charge in [0.25, 0.3) is 0 Å². The third-order valence-electron chi connectivity index (χ3n) is 5.08. The molecule has 1 unspecified atom stereocenters. The summed E-state index contributed by atoms with van der Waals surface area (Å²) in [6.45, 7) is 2.52. The molecule has 1 aliphatic rings. The van der Waals surface area contributed by atoms with Gasteiger partial charge in [-0.1, -0.05) is 42.5 Å². The maximum absolute atomic E-state index is 13.5. The average Bonchev–Trinajstić information content (AvgIpc) is 3.12. The van der Waals surface area contributed by atoms with E-state index in [0.29, 0.717) is 18.7 Å². The molecule has 0 saturated carbocycles. The quantitative estimate of drug-likeness (QED) is 0.790. The van der Waals surface area contributed by atoms with Gasteiger partial charge in [0.05, 0.1) is 18.9 Å². The van der Waals surface area contributed by atoms with Crippen LogP contribution < -0.4 is 0 Å². The molecule has 5 heteroatoms. The Labute approximate surface area is 152 Å². The van der Waals surface area contributed by atoms with Crippen LogP contribution in [0.3, 0.4) is 0 Å². The number of methoxy groups -OCH3 is 1. The van der Waals surface area contributed by atoms with Crippen molar-refractivity contribution in [1.82, 2.24) is 4.90 Å². The minimum atomic E-state index is -0.474. The first-order valence-corrected chi connectivity index (χ1v) is 8.68. The highest BCUT2D eigenvalue weighted by Crippen LogP contribution is 2.35. The molecule has 1 saturated heterocycles. The van der Waals surface area contributed by atoms with Crippen molar-refractivity contribution in [3.63, 3.8) is 0 Å². The summed E-state index contributed by atoms with van der Waals surface area (Å²) in [5.74, 6) is -1.76. The number of benzene rings is 2. The fourth-order valence-corrected chi connectivity index (χ4v) is 3.60. The number of carbonyl (C=O) groups excluding carboxylic acids is 2. The monoisotopic (exact) mass is 355 g/mol. The van der Waals surface area contributed by atoms with Gasteiger partial charge in [0, 0.05) is 19.0 Å². The Morgan fingerprint density at radius 3 is 2.50 bits per heavy atom. The molecule has 2 aromatic rings. The van der Waals surface area contributed by atoms with Gasteiger partial charge in [-0.3, -0.25) is 9.59 Å². The number of halogens is 1. The van der Waals surface area contributed by atoms with Gasteiger partial charge in [0.1, 0.15) is 5.82 Å². The summed E-state index contributed by atoms with van der Waals surface area (Å²) in [6, 6.07) is 15.8. The summed E-state index contributed by atoms with van der Waals surface area (Å²) in [6.07, 6.45) is 0. The molecule has 1 heterocycles. The minimum Gasteiger partial charge on any atom is -0.469 e. The van der Waals surface area contributed by atoms with Crippen molar-refractivity contribution in [3.05, 3.63) is 71.5 Å². The summed E-state index contributed by atoms with van der Waals surface area (Å²) >= 11 is 0. The standard InChI is InChI=1S/C21H22FNO3/c1-14(16-9-6-10-17(22)11-16)20(24)23-12-18(15-7-4-3-5-8-15)19(13-23)21(25)26-2/h3-11,14,18-19H,12-13H2,1-2H3/t14?,18-,19+/m0/s1. The number of nitrogens with zero attached hydrogens (tertiary/aromatic N) is 1. The highest BCUT2D eigenvalue weighted by molar-refractivity contribution is 5.85. The molecular formula is C21H22FNO3. The van der Waals surface area contributed by atoms with Crippen LogP contribution in [0.5, 0.6) is 0 Å². The Bertz CT molecular complexity index is 793. The fraction of sp³-hybridized carbons (Fsp3) is 0.333. The second kappa shape index (κ2) is 7.68. The Kier molecular flexibility index (Phi) is 5.35. The van der Waals surface area contributed by atoms with E-state index in [1.807, 2.05) is 30.3 Å². The molecule has 0 spiro atoms. The van der Waals surface area contributed by atoms with Crippen LogP contribution in [0.15, 0.2) is 54.6 Å². The lowest BCUT2D eigenvalue weighted by Crippen LogP contribution is -2.33. The molecule has 0 radical (unpaired) electrons. The van der Waals surface area contributed by atoms with E-state index in [9.17, 15) is 14.0 Å². The summed E-state index contributed by atoms with van der Waals surface area (Å²) in [5, 5.41) is 0. The molecule has 0 aromatic heterocycles. The highest BCUT2D eigenvalue weighted by Gasteiger charge is 2.42. The number of amides is 1. The van der Waals surface area contributed by atoms with Crippen molar-refractivity contribution in [3.8, 4) is 0 Å². The highest BCUT2D eigenvalue weighted by atomic mass is 19.1. The molecule has 136 valence electrons. The van der Waals surface area contributed by atoms with Gasteiger partial charge < -0.3 is 9.64 Å². The van der Waals surface area contributed by atoms with Crippen molar-refractivity contribution in [2.75, 3.05) is 20.2 Å². The van der Waals surface area contributed by atoms with E-state index in [-0.39, 0.29) is 23.6 Å². The van der Waals surface area contributed by atoms with Crippen LogP contribution in [-0.2, 0) is 14.3 Å². The van der Waals surface area contributed by atoms with E-state index in [2.05, 4.69) is 0 Å². The molecule has 0 N–H and O–H groups in total. The maximum Gasteiger partial charge on any atom is 0.311 e. The Balaban J connectivity index is 1.82. The van der Waals surface area contributed by atoms with E-state index in [0.717, 1.165) is 5.56 Å². The molecule has 3 rings (SSSR count). The lowest BCUT2D eigenvalue weighted by atomic mass is 9.89. The average molecular weight is 355 g/mol. The predicted molar refractivity (Wildman–Crippen MR) is 96.1 cm³/mol. The first-order chi connectivity index (χ1) is 12.5. The lowest BCUT2D eigenvalue weighted by Gasteiger charge is -2.21. The van der Waals surface area contributed by atoms with Crippen LogP contribution in [0.25, 0.3) is 0 Å². The molecule has 3 atom stereocenters. The molecular weight excluding hydrogens is 333 g/mol. The number of ether oxygens (including phenoxy) is 1. The first-order valence-electron chi connectivity index (χ1n) is 8.68. The molecule has 0 bridgehead atoms. The van der Waals surface area contributed by atoms with Gasteiger partial charge in [-0.15, -0.1) is 0 Å². The largest absolute Gasteiger partial charge is 0.469 e. The number of carbonyl (C=O) groups is 2. The number of rotatable bonds is 4. The fourth-order valence-electron chi connectivity index (χ4n) is 3.60. The van der Waals surface area contributed by atoms with Crippen molar-refractivity contribution >= 4 is 11.9 Å². The van der Waals surface area contributed by atoms with Gasteiger partial charge in [0.15, 0.2) is 0 Å². The zero-order valence-electron chi connectivity index (χ0n) is 14.9. The molecule has 2 aromatic carbocycles. The van der Waals surface area contributed by atoms with Crippen LogP contribution in [0.2, 0.25) is 0 Å². The predicted octanol–water partition coefficient (Wildman–Crippen LogP) is 3.34. The first kappa shape index (κ1) is 18.1. The molecule has 1 amide bonds. The van der Waals surface area contributed by atoms with Gasteiger partial charge in [-0.05, 0) is 30.2 Å². The van der Waals surface area contributed by atoms with Gasteiger partial charge in [0.2, 0.25) is 5.91 Å². The van der Waals surface area contributed by atoms with E-state index in [1.54, 1.807) is 24.0 Å². The second-order valence-electron chi connectivity index (χ2n) is 6.67. The SMILES string of the molecule is COC(=O)[C@@H]1CN(C(=O)C(C)c2cccc(F)c2)C[C@H]1c1ccccc1. The zero-order valence-corrected chi connectivity index (χ0v) is 14.9. The van der Waals surface area contributed by atoms with Crippen molar-refractivity contribution in [2.24, 2.45) is 5.92 Å². The molecule has 1 fully saturated rings. The van der Waals surface area contributed by atoms with Crippen molar-refractivity contribution in [1.29, 1.82) is 0 Å².